The van der Waals surface area contributed by atoms with Crippen molar-refractivity contribution in [3.8, 4) is 0 Å². The third-order valence-corrected chi connectivity index (χ3v) is 3.50. The third kappa shape index (κ3) is 4.00. The first-order chi connectivity index (χ1) is 11.9. The molecule has 2 N–H and O–H groups in total. The maximum absolute atomic E-state index is 13.8. The fourth-order valence-corrected chi connectivity index (χ4v) is 2.26. The molecule has 4 nitrogen and oxygen atoms in total. The van der Waals surface area contributed by atoms with Gasteiger partial charge in [0.1, 0.15) is 17.5 Å². The molecule has 1 heterocycles. The van der Waals surface area contributed by atoms with Crippen LogP contribution in [0.25, 0.3) is 0 Å². The Morgan fingerprint density at radius 2 is 1.48 bits per heavy atom. The quantitative estimate of drug-likeness (QED) is 0.613. The summed E-state index contributed by atoms with van der Waals surface area (Å²) in [6.07, 6.45) is 0. The lowest BCUT2D eigenvalue weighted by Crippen LogP contribution is -2.04. The van der Waals surface area contributed by atoms with Crippen molar-refractivity contribution in [3.63, 3.8) is 0 Å². The van der Waals surface area contributed by atoms with Crippen LogP contribution in [0.15, 0.2) is 42.5 Å². The van der Waals surface area contributed by atoms with Crippen LogP contribution in [0.2, 0.25) is 5.02 Å². The summed E-state index contributed by atoms with van der Waals surface area (Å²) < 4.78 is 40.1. The lowest BCUT2D eigenvalue weighted by molar-refractivity contribution is 0.449. The molecule has 0 amide bonds. The van der Waals surface area contributed by atoms with Gasteiger partial charge in [-0.3, -0.25) is 0 Å². The van der Waals surface area contributed by atoms with E-state index in [1.165, 1.54) is 6.07 Å². The minimum atomic E-state index is -1.55. The number of anilines is 4. The van der Waals surface area contributed by atoms with Crippen LogP contribution in [0.1, 0.15) is 5.82 Å². The molecule has 8 heteroatoms. The SMILES string of the molecule is Cc1nc(Nc2ccc(Cl)cc2)cc(Nc2ccc(F)c(F)c2F)n1. The Hall–Kier alpha value is -2.80. The van der Waals surface area contributed by atoms with E-state index in [2.05, 4.69) is 20.6 Å². The Kier molecular flexibility index (Phi) is 4.76. The molecule has 0 saturated carbocycles. The van der Waals surface area contributed by atoms with Crippen LogP contribution in [-0.2, 0) is 0 Å². The molecule has 2 aromatic carbocycles. The summed E-state index contributed by atoms with van der Waals surface area (Å²) in [5.41, 5.74) is 0.516. The molecule has 128 valence electrons. The van der Waals surface area contributed by atoms with E-state index in [0.29, 0.717) is 16.7 Å². The van der Waals surface area contributed by atoms with Crippen molar-refractivity contribution in [2.75, 3.05) is 10.6 Å². The van der Waals surface area contributed by atoms with E-state index in [1.807, 2.05) is 0 Å². The number of hydrogen-bond donors (Lipinski definition) is 2. The summed E-state index contributed by atoms with van der Waals surface area (Å²) in [7, 11) is 0. The molecule has 0 atom stereocenters. The number of rotatable bonds is 4. The van der Waals surface area contributed by atoms with Crippen LogP contribution >= 0.6 is 11.6 Å². The number of halogens is 4. The average molecular weight is 365 g/mol. The predicted molar refractivity (Wildman–Crippen MR) is 91.1 cm³/mol. The Labute approximate surface area is 146 Å². The second-order valence-electron chi connectivity index (χ2n) is 5.17. The molecule has 0 unspecified atom stereocenters. The van der Waals surface area contributed by atoms with Crippen LogP contribution in [-0.4, -0.2) is 9.97 Å². The average Bonchev–Trinajstić information content (AvgIpc) is 2.57. The molecule has 0 fully saturated rings. The van der Waals surface area contributed by atoms with E-state index < -0.39 is 17.5 Å². The Balaban J connectivity index is 1.87. The van der Waals surface area contributed by atoms with E-state index in [0.717, 1.165) is 17.8 Å². The number of benzene rings is 2. The Bertz CT molecular complexity index is 917. The Morgan fingerprint density at radius 1 is 0.840 bits per heavy atom. The molecular weight excluding hydrogens is 353 g/mol. The van der Waals surface area contributed by atoms with E-state index in [1.54, 1.807) is 31.2 Å². The largest absolute Gasteiger partial charge is 0.340 e. The van der Waals surface area contributed by atoms with Gasteiger partial charge in [0.2, 0.25) is 0 Å². The molecule has 3 rings (SSSR count). The molecule has 0 aliphatic heterocycles. The van der Waals surface area contributed by atoms with Gasteiger partial charge in [-0.1, -0.05) is 11.6 Å². The highest BCUT2D eigenvalue weighted by Crippen LogP contribution is 2.25. The first-order valence-electron chi connectivity index (χ1n) is 7.21. The number of aryl methyl sites for hydroxylation is 1. The lowest BCUT2D eigenvalue weighted by Gasteiger charge is -2.11. The molecule has 0 spiro atoms. The smallest absolute Gasteiger partial charge is 0.196 e. The number of nitrogens with zero attached hydrogens (tertiary/aromatic N) is 2. The number of hydrogen-bond acceptors (Lipinski definition) is 4. The summed E-state index contributed by atoms with van der Waals surface area (Å²) >= 11 is 5.84. The standard InChI is InChI=1S/C17H12ClF3N4/c1-9-22-14(24-11-4-2-10(18)3-5-11)8-15(23-9)25-13-7-6-12(19)16(20)17(13)21/h2-8H,1H3,(H2,22,23,24,25). The molecule has 0 bridgehead atoms. The van der Waals surface area contributed by atoms with Crippen molar-refractivity contribution < 1.29 is 13.2 Å². The van der Waals surface area contributed by atoms with Gasteiger partial charge in [-0.25, -0.2) is 23.1 Å². The van der Waals surface area contributed by atoms with Gasteiger partial charge in [0.05, 0.1) is 5.69 Å². The molecule has 0 aliphatic carbocycles. The zero-order chi connectivity index (χ0) is 18.0. The monoisotopic (exact) mass is 364 g/mol. The van der Waals surface area contributed by atoms with Gasteiger partial charge in [-0.2, -0.15) is 0 Å². The van der Waals surface area contributed by atoms with E-state index in [-0.39, 0.29) is 11.5 Å². The van der Waals surface area contributed by atoms with Crippen LogP contribution in [0, 0.1) is 24.4 Å². The molecule has 0 radical (unpaired) electrons. The minimum absolute atomic E-state index is 0.227. The van der Waals surface area contributed by atoms with E-state index >= 15 is 0 Å². The topological polar surface area (TPSA) is 49.8 Å². The van der Waals surface area contributed by atoms with Crippen molar-refractivity contribution in [2.45, 2.75) is 6.92 Å². The third-order valence-electron chi connectivity index (χ3n) is 3.25. The van der Waals surface area contributed by atoms with Crippen molar-refractivity contribution in [1.82, 2.24) is 9.97 Å². The van der Waals surface area contributed by atoms with Crippen LogP contribution < -0.4 is 10.6 Å². The molecule has 1 aromatic heterocycles. The van der Waals surface area contributed by atoms with Crippen molar-refractivity contribution in [2.24, 2.45) is 0 Å². The summed E-state index contributed by atoms with van der Waals surface area (Å²) in [6, 6.07) is 10.4. The van der Waals surface area contributed by atoms with Crippen molar-refractivity contribution in [3.05, 3.63) is 70.8 Å². The van der Waals surface area contributed by atoms with Gasteiger partial charge < -0.3 is 10.6 Å². The van der Waals surface area contributed by atoms with Gasteiger partial charge in [-0.15, -0.1) is 0 Å². The zero-order valence-electron chi connectivity index (χ0n) is 12.9. The van der Waals surface area contributed by atoms with Crippen molar-refractivity contribution in [1.29, 1.82) is 0 Å². The van der Waals surface area contributed by atoms with Gasteiger partial charge in [-0.05, 0) is 43.3 Å². The van der Waals surface area contributed by atoms with Gasteiger partial charge in [0.25, 0.3) is 0 Å². The Morgan fingerprint density at radius 3 is 2.16 bits per heavy atom. The van der Waals surface area contributed by atoms with Gasteiger partial charge >= 0.3 is 0 Å². The normalized spacial score (nSPS) is 10.6. The zero-order valence-corrected chi connectivity index (χ0v) is 13.7. The highest BCUT2D eigenvalue weighted by Gasteiger charge is 2.14. The molecule has 25 heavy (non-hydrogen) atoms. The molecule has 0 aliphatic rings. The fraction of sp³-hybridized carbons (Fsp3) is 0.0588. The first kappa shape index (κ1) is 17.0. The van der Waals surface area contributed by atoms with Crippen molar-refractivity contribution >= 4 is 34.6 Å². The van der Waals surface area contributed by atoms with Crippen LogP contribution in [0.4, 0.5) is 36.2 Å². The predicted octanol–water partition coefficient (Wildman–Crippen LogP) is 5.34. The van der Waals surface area contributed by atoms with Gasteiger partial charge in [0.15, 0.2) is 17.5 Å². The summed E-state index contributed by atoms with van der Waals surface area (Å²) in [5, 5.41) is 6.28. The number of aromatic nitrogens is 2. The molecular formula is C17H12ClF3N4. The van der Waals surface area contributed by atoms with Crippen LogP contribution in [0.3, 0.4) is 0 Å². The van der Waals surface area contributed by atoms with E-state index in [9.17, 15) is 13.2 Å². The van der Waals surface area contributed by atoms with E-state index in [4.69, 9.17) is 11.6 Å². The summed E-state index contributed by atoms with van der Waals surface area (Å²) in [4.78, 5) is 8.34. The highest BCUT2D eigenvalue weighted by molar-refractivity contribution is 6.30. The second-order valence-corrected chi connectivity index (χ2v) is 5.60. The van der Waals surface area contributed by atoms with Crippen LogP contribution in [0.5, 0.6) is 0 Å². The summed E-state index contributed by atoms with van der Waals surface area (Å²) in [6.45, 7) is 1.65. The molecule has 3 aromatic rings. The lowest BCUT2D eigenvalue weighted by atomic mass is 10.2. The first-order valence-corrected chi connectivity index (χ1v) is 7.59. The second kappa shape index (κ2) is 6.98. The maximum atomic E-state index is 13.8. The molecule has 0 saturated heterocycles. The minimum Gasteiger partial charge on any atom is -0.340 e. The highest BCUT2D eigenvalue weighted by atomic mass is 35.5. The maximum Gasteiger partial charge on any atom is 0.196 e. The summed E-state index contributed by atoms with van der Waals surface area (Å²) in [5.74, 6) is -3.04. The fourth-order valence-electron chi connectivity index (χ4n) is 2.14. The number of nitrogens with one attached hydrogen (secondary N) is 2. The van der Waals surface area contributed by atoms with Gasteiger partial charge in [0, 0.05) is 16.8 Å².